The standard InChI is InChI=1S/C17H16N2O2/c1-17(2)13-10-12(8-9-14(13)19-16(17)21)18-15(20)11-6-4-3-5-7-11/h3-10H,1-2H3,(H,18,20)(H,19,21). The van der Waals surface area contributed by atoms with E-state index in [1.54, 1.807) is 18.2 Å². The second-order valence-electron chi connectivity index (χ2n) is 5.66. The Kier molecular flexibility index (Phi) is 3.01. The summed E-state index contributed by atoms with van der Waals surface area (Å²) in [6, 6.07) is 14.5. The second kappa shape index (κ2) is 4.74. The number of benzene rings is 2. The monoisotopic (exact) mass is 280 g/mol. The zero-order valence-electron chi connectivity index (χ0n) is 11.9. The van der Waals surface area contributed by atoms with Crippen LogP contribution in [0.4, 0.5) is 11.4 Å². The molecule has 106 valence electrons. The first kappa shape index (κ1) is 13.4. The summed E-state index contributed by atoms with van der Waals surface area (Å²) < 4.78 is 0. The molecule has 0 saturated heterocycles. The number of nitrogens with one attached hydrogen (secondary N) is 2. The third-order valence-corrected chi connectivity index (χ3v) is 3.80. The largest absolute Gasteiger partial charge is 0.325 e. The van der Waals surface area contributed by atoms with Crippen LogP contribution >= 0.6 is 0 Å². The zero-order chi connectivity index (χ0) is 15.0. The summed E-state index contributed by atoms with van der Waals surface area (Å²) in [4.78, 5) is 24.1. The van der Waals surface area contributed by atoms with Crippen molar-refractivity contribution in [1.82, 2.24) is 0 Å². The quantitative estimate of drug-likeness (QED) is 0.887. The molecule has 1 heterocycles. The maximum absolute atomic E-state index is 12.1. The molecule has 0 unspecified atom stereocenters. The van der Waals surface area contributed by atoms with Crippen molar-refractivity contribution in [3.63, 3.8) is 0 Å². The van der Waals surface area contributed by atoms with E-state index >= 15 is 0 Å². The molecule has 0 aliphatic carbocycles. The maximum Gasteiger partial charge on any atom is 0.255 e. The number of hydrogen-bond acceptors (Lipinski definition) is 2. The molecule has 2 amide bonds. The summed E-state index contributed by atoms with van der Waals surface area (Å²) in [5.41, 5.74) is 2.42. The van der Waals surface area contributed by atoms with Crippen molar-refractivity contribution >= 4 is 23.2 Å². The number of amides is 2. The van der Waals surface area contributed by atoms with Gasteiger partial charge in [-0.2, -0.15) is 0 Å². The smallest absolute Gasteiger partial charge is 0.255 e. The number of carbonyl (C=O) groups excluding carboxylic acids is 2. The van der Waals surface area contributed by atoms with Gasteiger partial charge >= 0.3 is 0 Å². The zero-order valence-corrected chi connectivity index (χ0v) is 11.9. The molecule has 4 nitrogen and oxygen atoms in total. The minimum atomic E-state index is -0.581. The molecule has 0 bridgehead atoms. The van der Waals surface area contributed by atoms with Gasteiger partial charge in [0.1, 0.15) is 0 Å². The molecule has 0 fully saturated rings. The van der Waals surface area contributed by atoms with Crippen LogP contribution in [0.15, 0.2) is 48.5 Å². The van der Waals surface area contributed by atoms with Crippen LogP contribution in [0.25, 0.3) is 0 Å². The Bertz CT molecular complexity index is 721. The van der Waals surface area contributed by atoms with Gasteiger partial charge in [0.2, 0.25) is 5.91 Å². The molecular weight excluding hydrogens is 264 g/mol. The van der Waals surface area contributed by atoms with Gasteiger partial charge in [-0.15, -0.1) is 0 Å². The van der Waals surface area contributed by atoms with E-state index in [4.69, 9.17) is 0 Å². The van der Waals surface area contributed by atoms with Gasteiger partial charge < -0.3 is 10.6 Å². The SMILES string of the molecule is CC1(C)C(=O)Nc2ccc(NC(=O)c3ccccc3)cc21. The first-order chi connectivity index (χ1) is 9.98. The van der Waals surface area contributed by atoms with Crippen molar-refractivity contribution in [3.05, 3.63) is 59.7 Å². The summed E-state index contributed by atoms with van der Waals surface area (Å²) in [5, 5.41) is 5.71. The van der Waals surface area contributed by atoms with Crippen LogP contribution < -0.4 is 10.6 Å². The first-order valence-electron chi connectivity index (χ1n) is 6.81. The molecule has 1 aliphatic rings. The minimum Gasteiger partial charge on any atom is -0.325 e. The Labute approximate surface area is 123 Å². The maximum atomic E-state index is 12.1. The van der Waals surface area contributed by atoms with Crippen molar-refractivity contribution in [2.75, 3.05) is 10.6 Å². The lowest BCUT2D eigenvalue weighted by molar-refractivity contribution is -0.119. The molecule has 2 aromatic rings. The fourth-order valence-corrected chi connectivity index (χ4v) is 2.44. The minimum absolute atomic E-state index is 0.0240. The number of fused-ring (bicyclic) bond motifs is 1. The summed E-state index contributed by atoms with van der Waals surface area (Å²) >= 11 is 0. The molecule has 0 saturated carbocycles. The fourth-order valence-electron chi connectivity index (χ4n) is 2.44. The topological polar surface area (TPSA) is 58.2 Å². The van der Waals surface area contributed by atoms with E-state index < -0.39 is 5.41 Å². The first-order valence-corrected chi connectivity index (χ1v) is 6.81. The van der Waals surface area contributed by atoms with Gasteiger partial charge in [0.15, 0.2) is 0 Å². The second-order valence-corrected chi connectivity index (χ2v) is 5.66. The van der Waals surface area contributed by atoms with Crippen LogP contribution in [0.2, 0.25) is 0 Å². The number of carbonyl (C=O) groups is 2. The molecule has 1 aliphatic heterocycles. The lowest BCUT2D eigenvalue weighted by Gasteiger charge is -2.16. The van der Waals surface area contributed by atoms with E-state index in [1.807, 2.05) is 44.2 Å². The van der Waals surface area contributed by atoms with Crippen LogP contribution in [-0.4, -0.2) is 11.8 Å². The molecule has 0 radical (unpaired) electrons. The molecule has 3 rings (SSSR count). The van der Waals surface area contributed by atoms with E-state index in [9.17, 15) is 9.59 Å². The third kappa shape index (κ3) is 2.29. The lowest BCUT2D eigenvalue weighted by atomic mass is 9.86. The molecule has 0 aromatic heterocycles. The van der Waals surface area contributed by atoms with Crippen molar-refractivity contribution in [2.24, 2.45) is 0 Å². The van der Waals surface area contributed by atoms with Gasteiger partial charge in [-0.25, -0.2) is 0 Å². The Hall–Kier alpha value is -2.62. The Morgan fingerprint density at radius 1 is 1.10 bits per heavy atom. The highest BCUT2D eigenvalue weighted by molar-refractivity contribution is 6.07. The number of rotatable bonds is 2. The Morgan fingerprint density at radius 2 is 1.81 bits per heavy atom. The van der Waals surface area contributed by atoms with E-state index in [0.29, 0.717) is 11.3 Å². The van der Waals surface area contributed by atoms with E-state index in [1.165, 1.54) is 0 Å². The highest BCUT2D eigenvalue weighted by atomic mass is 16.2. The highest BCUT2D eigenvalue weighted by Gasteiger charge is 2.38. The summed E-state index contributed by atoms with van der Waals surface area (Å²) in [6.45, 7) is 3.74. The summed E-state index contributed by atoms with van der Waals surface area (Å²) in [6.07, 6.45) is 0. The van der Waals surface area contributed by atoms with Gasteiger partial charge in [0.25, 0.3) is 5.91 Å². The van der Waals surface area contributed by atoms with Crippen molar-refractivity contribution < 1.29 is 9.59 Å². The van der Waals surface area contributed by atoms with Gasteiger partial charge in [-0.3, -0.25) is 9.59 Å². The molecule has 2 aromatic carbocycles. The average molecular weight is 280 g/mol. The Morgan fingerprint density at radius 3 is 2.52 bits per heavy atom. The van der Waals surface area contributed by atoms with Gasteiger partial charge in [-0.05, 0) is 49.7 Å². The van der Waals surface area contributed by atoms with Crippen LogP contribution in [0, 0.1) is 0 Å². The van der Waals surface area contributed by atoms with E-state index in [2.05, 4.69) is 10.6 Å². The molecular formula is C17H16N2O2. The third-order valence-electron chi connectivity index (χ3n) is 3.80. The van der Waals surface area contributed by atoms with Crippen LogP contribution in [-0.2, 0) is 10.2 Å². The predicted octanol–water partition coefficient (Wildman–Crippen LogP) is 3.17. The molecule has 0 atom stereocenters. The molecule has 0 spiro atoms. The van der Waals surface area contributed by atoms with E-state index in [-0.39, 0.29) is 11.8 Å². The van der Waals surface area contributed by atoms with Crippen LogP contribution in [0.5, 0.6) is 0 Å². The molecule has 21 heavy (non-hydrogen) atoms. The molecule has 4 heteroatoms. The van der Waals surface area contributed by atoms with Gasteiger partial charge in [0, 0.05) is 16.9 Å². The van der Waals surface area contributed by atoms with Crippen LogP contribution in [0.1, 0.15) is 29.8 Å². The van der Waals surface area contributed by atoms with E-state index in [0.717, 1.165) is 11.3 Å². The number of hydrogen-bond donors (Lipinski definition) is 2. The highest BCUT2D eigenvalue weighted by Crippen LogP contribution is 2.38. The van der Waals surface area contributed by atoms with Crippen molar-refractivity contribution in [2.45, 2.75) is 19.3 Å². The normalized spacial score (nSPS) is 15.2. The fraction of sp³-hybridized carbons (Fsp3) is 0.176. The Balaban J connectivity index is 1.88. The summed E-state index contributed by atoms with van der Waals surface area (Å²) in [7, 11) is 0. The molecule has 2 N–H and O–H groups in total. The average Bonchev–Trinajstić information content (AvgIpc) is 2.70. The van der Waals surface area contributed by atoms with Crippen LogP contribution in [0.3, 0.4) is 0 Å². The van der Waals surface area contributed by atoms with Crippen molar-refractivity contribution in [1.29, 1.82) is 0 Å². The number of anilines is 2. The van der Waals surface area contributed by atoms with Gasteiger partial charge in [0.05, 0.1) is 5.41 Å². The lowest BCUT2D eigenvalue weighted by Crippen LogP contribution is -2.26. The predicted molar refractivity (Wildman–Crippen MR) is 82.5 cm³/mol. The summed E-state index contributed by atoms with van der Waals surface area (Å²) in [5.74, 6) is -0.185. The van der Waals surface area contributed by atoms with Crippen molar-refractivity contribution in [3.8, 4) is 0 Å². The van der Waals surface area contributed by atoms with Gasteiger partial charge in [-0.1, -0.05) is 18.2 Å².